The Bertz CT molecular complexity index is 985. The van der Waals surface area contributed by atoms with Gasteiger partial charge in [0.1, 0.15) is 24.4 Å². The van der Waals surface area contributed by atoms with Crippen molar-refractivity contribution >= 4 is 17.9 Å². The third-order valence-electron chi connectivity index (χ3n) is 7.09. The summed E-state index contributed by atoms with van der Waals surface area (Å²) in [7, 11) is 2.52. The smallest absolute Gasteiger partial charge is 0.337 e. The maximum absolute atomic E-state index is 12.8. The predicted molar refractivity (Wildman–Crippen MR) is 141 cm³/mol. The Labute approximate surface area is 239 Å². The van der Waals surface area contributed by atoms with E-state index in [1.807, 2.05) is 6.92 Å². The fourth-order valence-corrected chi connectivity index (χ4v) is 4.50. The molecule has 0 aromatic carbocycles. The van der Waals surface area contributed by atoms with Crippen molar-refractivity contribution in [3.8, 4) is 0 Å². The highest BCUT2D eigenvalue weighted by Crippen LogP contribution is 2.36. The van der Waals surface area contributed by atoms with Gasteiger partial charge in [0.2, 0.25) is 6.29 Å². The quantitative estimate of drug-likeness (QED) is 0.102. The molecule has 232 valence electrons. The number of aliphatic hydroxyl groups is 4. The van der Waals surface area contributed by atoms with Crippen LogP contribution in [0.25, 0.3) is 0 Å². The topological polar surface area (TPSA) is 188 Å². The molecule has 2 aliphatic rings. The van der Waals surface area contributed by atoms with E-state index in [0.717, 1.165) is 12.7 Å². The SMILES string of the molecule is C/C=C1/[C@H](O[C@@H]2O[C@H](CO)[C@@H](O)[C@H](O)[C@H]2O)OC=C(C(=O)OC)[C@H]1CC(=O)OCCC(C)CC/C=C(\C)C(=O)OC. The Kier molecular flexibility index (Phi) is 13.9. The van der Waals surface area contributed by atoms with Crippen molar-refractivity contribution in [3.63, 3.8) is 0 Å². The number of allylic oxidation sites excluding steroid dienone is 2. The Morgan fingerprint density at radius 3 is 2.39 bits per heavy atom. The molecule has 0 saturated carbocycles. The average molecular weight is 587 g/mol. The van der Waals surface area contributed by atoms with Gasteiger partial charge in [-0.25, -0.2) is 9.59 Å². The van der Waals surface area contributed by atoms with Crippen molar-refractivity contribution in [1.29, 1.82) is 0 Å². The highest BCUT2D eigenvalue weighted by Gasteiger charge is 2.46. The van der Waals surface area contributed by atoms with E-state index in [2.05, 4.69) is 4.74 Å². The number of carbonyl (C=O) groups is 3. The van der Waals surface area contributed by atoms with Crippen LogP contribution in [0.2, 0.25) is 0 Å². The summed E-state index contributed by atoms with van der Waals surface area (Å²) < 4.78 is 31.7. The Hall–Kier alpha value is -2.81. The summed E-state index contributed by atoms with van der Waals surface area (Å²) in [5.74, 6) is -2.32. The first kappa shape index (κ1) is 34.4. The van der Waals surface area contributed by atoms with Crippen LogP contribution in [0.3, 0.4) is 0 Å². The van der Waals surface area contributed by atoms with Crippen molar-refractivity contribution < 1.29 is 63.2 Å². The van der Waals surface area contributed by atoms with Gasteiger partial charge in [0, 0.05) is 17.1 Å². The molecule has 0 radical (unpaired) electrons. The molecule has 0 aromatic rings. The number of esters is 3. The van der Waals surface area contributed by atoms with Crippen LogP contribution in [0.5, 0.6) is 0 Å². The van der Waals surface area contributed by atoms with Crippen LogP contribution in [-0.2, 0) is 42.8 Å². The number of methoxy groups -OCH3 is 2. The second-order valence-electron chi connectivity index (χ2n) is 9.98. The number of ether oxygens (including phenoxy) is 6. The molecule has 0 amide bonds. The lowest BCUT2D eigenvalue weighted by Gasteiger charge is -2.41. The molecule has 4 N–H and O–H groups in total. The summed E-state index contributed by atoms with van der Waals surface area (Å²) in [6.45, 7) is 4.83. The van der Waals surface area contributed by atoms with E-state index in [1.165, 1.54) is 14.2 Å². The number of rotatable bonds is 13. The van der Waals surface area contributed by atoms with Crippen LogP contribution in [0.15, 0.2) is 35.1 Å². The van der Waals surface area contributed by atoms with Gasteiger partial charge in [0.25, 0.3) is 0 Å². The van der Waals surface area contributed by atoms with Gasteiger partial charge in [-0.2, -0.15) is 0 Å². The van der Waals surface area contributed by atoms with Gasteiger partial charge < -0.3 is 48.8 Å². The molecule has 2 aliphatic heterocycles. The Morgan fingerprint density at radius 1 is 1.07 bits per heavy atom. The van der Waals surface area contributed by atoms with Crippen LogP contribution in [0, 0.1) is 11.8 Å². The average Bonchev–Trinajstić information content (AvgIpc) is 2.96. The molecule has 0 aromatic heterocycles. The van der Waals surface area contributed by atoms with E-state index in [4.69, 9.17) is 23.7 Å². The molecule has 2 heterocycles. The number of carbonyl (C=O) groups excluding carboxylic acids is 3. The monoisotopic (exact) mass is 586 g/mol. The van der Waals surface area contributed by atoms with E-state index < -0.39 is 61.5 Å². The minimum absolute atomic E-state index is 0.0485. The van der Waals surface area contributed by atoms with Crippen molar-refractivity contribution in [1.82, 2.24) is 0 Å². The largest absolute Gasteiger partial charge is 0.468 e. The molecule has 8 atom stereocenters. The summed E-state index contributed by atoms with van der Waals surface area (Å²) in [6, 6.07) is 0. The maximum Gasteiger partial charge on any atom is 0.337 e. The molecule has 41 heavy (non-hydrogen) atoms. The highest BCUT2D eigenvalue weighted by atomic mass is 16.8. The molecule has 0 bridgehead atoms. The van der Waals surface area contributed by atoms with Gasteiger partial charge in [0.15, 0.2) is 6.29 Å². The van der Waals surface area contributed by atoms with Gasteiger partial charge >= 0.3 is 17.9 Å². The molecule has 0 aliphatic carbocycles. The van der Waals surface area contributed by atoms with Crippen molar-refractivity contribution in [2.75, 3.05) is 27.4 Å². The highest BCUT2D eigenvalue weighted by molar-refractivity contribution is 5.90. The van der Waals surface area contributed by atoms with E-state index in [1.54, 1.807) is 26.0 Å². The zero-order valence-corrected chi connectivity index (χ0v) is 24.1. The standard InChI is InChI=1S/C28H42O13/c1-6-17-18(12-21(30)38-11-10-15(2)8-7-9-16(3)25(34)36-4)19(26(35)37-5)14-39-27(17)41-28-24(33)23(32)22(31)20(13-29)40-28/h6,9,14-15,18,20,22-24,27-29,31-33H,7-8,10-13H2,1-5H3/b16-9+,17-6+/t15?,18-,20+,22+,23-,24+,27-,28-/m0/s1. The Balaban J connectivity index is 2.03. The van der Waals surface area contributed by atoms with E-state index in [0.29, 0.717) is 24.0 Å². The predicted octanol–water partition coefficient (Wildman–Crippen LogP) is 0.638. The van der Waals surface area contributed by atoms with Crippen LogP contribution >= 0.6 is 0 Å². The molecule has 1 unspecified atom stereocenters. The van der Waals surface area contributed by atoms with E-state index in [-0.39, 0.29) is 30.5 Å². The second-order valence-corrected chi connectivity index (χ2v) is 9.98. The van der Waals surface area contributed by atoms with E-state index >= 15 is 0 Å². The number of aliphatic hydroxyl groups excluding tert-OH is 4. The first-order chi connectivity index (χ1) is 19.5. The van der Waals surface area contributed by atoms with Crippen molar-refractivity contribution in [2.24, 2.45) is 11.8 Å². The lowest BCUT2D eigenvalue weighted by atomic mass is 9.86. The summed E-state index contributed by atoms with van der Waals surface area (Å²) in [5, 5.41) is 39.9. The van der Waals surface area contributed by atoms with Gasteiger partial charge in [-0.05, 0) is 39.0 Å². The first-order valence-corrected chi connectivity index (χ1v) is 13.4. The molecule has 0 spiro atoms. The summed E-state index contributed by atoms with van der Waals surface area (Å²) in [5.41, 5.74) is 0.918. The molecule has 1 fully saturated rings. The van der Waals surface area contributed by atoms with E-state index in [9.17, 15) is 34.8 Å². The van der Waals surface area contributed by atoms with Crippen LogP contribution < -0.4 is 0 Å². The number of hydrogen-bond donors (Lipinski definition) is 4. The maximum atomic E-state index is 12.8. The Morgan fingerprint density at radius 2 is 1.78 bits per heavy atom. The second kappa shape index (κ2) is 16.6. The lowest BCUT2D eigenvalue weighted by Crippen LogP contribution is -2.60. The zero-order chi connectivity index (χ0) is 30.7. The minimum atomic E-state index is -1.68. The first-order valence-electron chi connectivity index (χ1n) is 13.4. The summed E-state index contributed by atoms with van der Waals surface area (Å²) in [4.78, 5) is 36.7. The van der Waals surface area contributed by atoms with Gasteiger partial charge in [0.05, 0.1) is 45.7 Å². The van der Waals surface area contributed by atoms with Crippen LogP contribution in [0.1, 0.15) is 46.5 Å². The summed E-state index contributed by atoms with van der Waals surface area (Å²) in [6.07, 6.45) is -2.57. The normalized spacial score (nSPS) is 30.2. The van der Waals surface area contributed by atoms with Gasteiger partial charge in [-0.15, -0.1) is 0 Å². The minimum Gasteiger partial charge on any atom is -0.468 e. The molecular weight excluding hydrogens is 544 g/mol. The molecule has 13 heteroatoms. The zero-order valence-electron chi connectivity index (χ0n) is 24.1. The molecule has 1 saturated heterocycles. The molecule has 13 nitrogen and oxygen atoms in total. The van der Waals surface area contributed by atoms with Gasteiger partial charge in [-0.1, -0.05) is 19.1 Å². The molecular formula is C28H42O13. The molecule has 2 rings (SSSR count). The summed E-state index contributed by atoms with van der Waals surface area (Å²) >= 11 is 0. The third kappa shape index (κ3) is 9.35. The van der Waals surface area contributed by atoms with Crippen molar-refractivity contribution in [3.05, 3.63) is 35.1 Å². The van der Waals surface area contributed by atoms with Gasteiger partial charge in [-0.3, -0.25) is 4.79 Å². The van der Waals surface area contributed by atoms with Crippen LogP contribution in [0.4, 0.5) is 0 Å². The third-order valence-corrected chi connectivity index (χ3v) is 7.09. The van der Waals surface area contributed by atoms with Crippen LogP contribution in [-0.4, -0.2) is 103 Å². The fraction of sp³-hybridized carbons (Fsp3) is 0.679. The number of hydrogen-bond acceptors (Lipinski definition) is 13. The fourth-order valence-electron chi connectivity index (χ4n) is 4.50. The van der Waals surface area contributed by atoms with Crippen molar-refractivity contribution in [2.45, 2.75) is 83.5 Å². The lowest BCUT2D eigenvalue weighted by molar-refractivity contribution is -0.327.